The molecule has 0 saturated heterocycles. The molecule has 0 aromatic heterocycles. The number of hydrogen-bond acceptors (Lipinski definition) is 2. The minimum absolute atomic E-state index is 0.193. The van der Waals surface area contributed by atoms with Gasteiger partial charge in [-0.2, -0.15) is 0 Å². The van der Waals surface area contributed by atoms with Gasteiger partial charge in [0.25, 0.3) is 0 Å². The van der Waals surface area contributed by atoms with E-state index >= 15 is 0 Å². The molecule has 3 rings (SSSR count). The highest BCUT2D eigenvalue weighted by atomic mass is 16.5. The van der Waals surface area contributed by atoms with Gasteiger partial charge in [0, 0.05) is 11.1 Å². The molecule has 26 heavy (non-hydrogen) atoms. The van der Waals surface area contributed by atoms with E-state index in [0.717, 1.165) is 47.3 Å². The maximum absolute atomic E-state index is 11.0. The van der Waals surface area contributed by atoms with Gasteiger partial charge in [0.15, 0.2) is 0 Å². The molecule has 2 heteroatoms. The van der Waals surface area contributed by atoms with E-state index in [1.165, 1.54) is 5.57 Å². The third kappa shape index (κ3) is 4.19. The summed E-state index contributed by atoms with van der Waals surface area (Å²) in [6.45, 7) is 8.37. The first-order chi connectivity index (χ1) is 12.4. The van der Waals surface area contributed by atoms with Gasteiger partial charge in [-0.25, -0.2) is 0 Å². The smallest absolute Gasteiger partial charge is 0.127 e. The quantitative estimate of drug-likeness (QED) is 0.528. The van der Waals surface area contributed by atoms with Crippen molar-refractivity contribution < 1.29 is 9.84 Å². The fraction of sp³-hybridized carbons (Fsp3) is 0.333. The molecule has 2 nitrogen and oxygen atoms in total. The highest BCUT2D eigenvalue weighted by molar-refractivity contribution is 5.74. The van der Waals surface area contributed by atoms with Crippen LogP contribution in [-0.2, 0) is 12.8 Å². The average Bonchev–Trinajstić information content (AvgIpc) is 2.59. The zero-order valence-corrected chi connectivity index (χ0v) is 16.2. The second-order valence-electron chi connectivity index (χ2n) is 7.86. The van der Waals surface area contributed by atoms with Gasteiger partial charge in [0.1, 0.15) is 17.1 Å². The zero-order valence-electron chi connectivity index (χ0n) is 16.2. The fourth-order valence-corrected chi connectivity index (χ4v) is 3.28. The second kappa shape index (κ2) is 7.41. The van der Waals surface area contributed by atoms with Crippen LogP contribution in [0.25, 0.3) is 12.2 Å². The Bertz CT molecular complexity index is 838. The van der Waals surface area contributed by atoms with Crippen molar-refractivity contribution in [2.75, 3.05) is 0 Å². The number of hydrogen-bond donors (Lipinski definition) is 1. The highest BCUT2D eigenvalue weighted by Crippen LogP contribution is 2.42. The number of benzene rings is 2. The number of aromatic hydroxyl groups is 1. The van der Waals surface area contributed by atoms with Gasteiger partial charge in [0.2, 0.25) is 0 Å². The Balaban J connectivity index is 2.06. The molecule has 1 heterocycles. The Morgan fingerprint density at radius 2 is 1.88 bits per heavy atom. The molecule has 0 aliphatic carbocycles. The molecule has 0 amide bonds. The lowest BCUT2D eigenvalue weighted by molar-refractivity contribution is 0.0836. The third-order valence-electron chi connectivity index (χ3n) is 4.84. The van der Waals surface area contributed by atoms with Crippen LogP contribution in [0.2, 0.25) is 0 Å². The molecule has 136 valence electrons. The maximum atomic E-state index is 11.0. The van der Waals surface area contributed by atoms with Crippen LogP contribution in [-0.4, -0.2) is 10.7 Å². The summed E-state index contributed by atoms with van der Waals surface area (Å²) in [6, 6.07) is 12.3. The summed E-state index contributed by atoms with van der Waals surface area (Å²) in [4.78, 5) is 0. The molecule has 0 atom stereocenters. The molecule has 0 bridgehead atoms. The monoisotopic (exact) mass is 348 g/mol. The predicted octanol–water partition coefficient (Wildman–Crippen LogP) is 6.17. The Kier molecular flexibility index (Phi) is 5.22. The first kappa shape index (κ1) is 18.3. The van der Waals surface area contributed by atoms with Crippen LogP contribution in [0.4, 0.5) is 0 Å². The van der Waals surface area contributed by atoms with E-state index < -0.39 is 0 Å². The third-order valence-corrected chi connectivity index (χ3v) is 4.84. The van der Waals surface area contributed by atoms with Crippen molar-refractivity contribution >= 4 is 12.2 Å². The molecule has 1 aliphatic rings. The van der Waals surface area contributed by atoms with Crippen LogP contribution < -0.4 is 4.74 Å². The lowest BCUT2D eigenvalue weighted by Gasteiger charge is -2.33. The van der Waals surface area contributed by atoms with Gasteiger partial charge in [-0.1, -0.05) is 54.1 Å². The Morgan fingerprint density at radius 3 is 2.58 bits per heavy atom. The van der Waals surface area contributed by atoms with Gasteiger partial charge in [-0.3, -0.25) is 0 Å². The Hall–Kier alpha value is -2.48. The lowest BCUT2D eigenvalue weighted by Crippen LogP contribution is -2.32. The van der Waals surface area contributed by atoms with Gasteiger partial charge >= 0.3 is 0 Å². The molecule has 0 fully saturated rings. The normalized spacial score (nSPS) is 15.4. The molecule has 1 N–H and O–H groups in total. The van der Waals surface area contributed by atoms with Crippen molar-refractivity contribution in [2.24, 2.45) is 0 Å². The van der Waals surface area contributed by atoms with Crippen LogP contribution in [0.15, 0.2) is 48.0 Å². The molecular weight excluding hydrogens is 320 g/mol. The summed E-state index contributed by atoms with van der Waals surface area (Å²) < 4.78 is 6.16. The van der Waals surface area contributed by atoms with E-state index in [9.17, 15) is 5.11 Å². The van der Waals surface area contributed by atoms with Gasteiger partial charge < -0.3 is 9.84 Å². The molecule has 0 saturated carbocycles. The van der Waals surface area contributed by atoms with Crippen LogP contribution in [0, 0.1) is 0 Å². The van der Waals surface area contributed by atoms with E-state index in [1.54, 1.807) is 0 Å². The van der Waals surface area contributed by atoms with E-state index in [4.69, 9.17) is 4.74 Å². The number of phenols is 1. The Morgan fingerprint density at radius 1 is 1.15 bits per heavy atom. The molecular formula is C24H28O2. The molecule has 1 aliphatic heterocycles. The molecule has 2 aromatic carbocycles. The van der Waals surface area contributed by atoms with Gasteiger partial charge in [0.05, 0.1) is 0 Å². The largest absolute Gasteiger partial charge is 0.507 e. The maximum Gasteiger partial charge on any atom is 0.127 e. The molecule has 2 aromatic rings. The number of allylic oxidation sites excluding steroid dienone is 2. The summed E-state index contributed by atoms with van der Waals surface area (Å²) >= 11 is 0. The fourth-order valence-electron chi connectivity index (χ4n) is 3.28. The summed E-state index contributed by atoms with van der Waals surface area (Å²) in [7, 11) is 0. The van der Waals surface area contributed by atoms with E-state index in [-0.39, 0.29) is 5.60 Å². The van der Waals surface area contributed by atoms with Crippen molar-refractivity contribution in [3.63, 3.8) is 0 Å². The van der Waals surface area contributed by atoms with E-state index in [2.05, 4.69) is 64.1 Å². The first-order valence-corrected chi connectivity index (χ1v) is 9.29. The summed E-state index contributed by atoms with van der Waals surface area (Å²) in [6.07, 6.45) is 8.80. The number of ether oxygens (including phenoxy) is 1. The first-order valence-electron chi connectivity index (χ1n) is 9.29. The Labute approximate surface area is 156 Å². The van der Waals surface area contributed by atoms with Gasteiger partial charge in [-0.05, 0) is 64.2 Å². The molecule has 0 spiro atoms. The summed E-state index contributed by atoms with van der Waals surface area (Å²) in [5.41, 5.74) is 5.12. The zero-order chi connectivity index (χ0) is 18.7. The lowest BCUT2D eigenvalue weighted by atomic mass is 9.89. The highest BCUT2D eigenvalue weighted by Gasteiger charge is 2.29. The van der Waals surface area contributed by atoms with Crippen LogP contribution in [0.1, 0.15) is 56.4 Å². The number of phenolic OH excluding ortho intramolecular Hbond substituents is 1. The minimum Gasteiger partial charge on any atom is -0.507 e. The summed E-state index contributed by atoms with van der Waals surface area (Å²) in [5, 5.41) is 11.0. The second-order valence-corrected chi connectivity index (χ2v) is 7.86. The molecule has 0 radical (unpaired) electrons. The number of fused-ring (bicyclic) bond motifs is 1. The number of rotatable bonds is 4. The van der Waals surface area contributed by atoms with Crippen LogP contribution in [0.3, 0.4) is 0 Å². The average molecular weight is 348 g/mol. The van der Waals surface area contributed by atoms with Crippen LogP contribution >= 0.6 is 0 Å². The molecule has 0 unspecified atom stereocenters. The van der Waals surface area contributed by atoms with Gasteiger partial charge in [-0.15, -0.1) is 0 Å². The van der Waals surface area contributed by atoms with Crippen molar-refractivity contribution in [3.8, 4) is 11.5 Å². The van der Waals surface area contributed by atoms with Crippen molar-refractivity contribution in [1.82, 2.24) is 0 Å². The van der Waals surface area contributed by atoms with E-state index in [0.29, 0.717) is 5.75 Å². The van der Waals surface area contributed by atoms with Crippen molar-refractivity contribution in [3.05, 3.63) is 70.3 Å². The summed E-state index contributed by atoms with van der Waals surface area (Å²) in [5.74, 6) is 1.20. The van der Waals surface area contributed by atoms with Crippen molar-refractivity contribution in [2.45, 2.75) is 52.6 Å². The minimum atomic E-state index is -0.193. The SMILES string of the molecule is CC(C)=CCc1c(/C=C/c2ccccc2)cc2c(c1O)CCC(C)(C)O2. The predicted molar refractivity (Wildman–Crippen MR) is 110 cm³/mol. The van der Waals surface area contributed by atoms with Crippen LogP contribution in [0.5, 0.6) is 11.5 Å². The van der Waals surface area contributed by atoms with Crippen molar-refractivity contribution in [1.29, 1.82) is 0 Å². The van der Waals surface area contributed by atoms with E-state index in [1.807, 2.05) is 18.2 Å². The topological polar surface area (TPSA) is 29.5 Å². The standard InChI is InChI=1S/C24H28O2/c1-17(2)10-13-20-19(12-11-18-8-6-5-7-9-18)16-22-21(23(20)25)14-15-24(3,4)26-22/h5-12,16,25H,13-15H2,1-4H3/b12-11+.